The van der Waals surface area contributed by atoms with E-state index in [1.807, 2.05) is 36.2 Å². The molecule has 4 nitrogen and oxygen atoms in total. The van der Waals surface area contributed by atoms with Crippen molar-refractivity contribution < 1.29 is 17.9 Å². The molecule has 0 saturated heterocycles. The van der Waals surface area contributed by atoms with Gasteiger partial charge in [-0.2, -0.15) is 13.2 Å². The van der Waals surface area contributed by atoms with Gasteiger partial charge in [0.1, 0.15) is 18.3 Å². The van der Waals surface area contributed by atoms with E-state index >= 15 is 0 Å². The van der Waals surface area contributed by atoms with Crippen molar-refractivity contribution in [3.05, 3.63) is 59.7 Å². The van der Waals surface area contributed by atoms with Crippen LogP contribution in [0.1, 0.15) is 36.8 Å². The summed E-state index contributed by atoms with van der Waals surface area (Å²) in [5.74, 6) is -0.957. The van der Waals surface area contributed by atoms with E-state index < -0.39 is 12.1 Å². The molecule has 7 heteroatoms. The molecule has 1 aliphatic heterocycles. The van der Waals surface area contributed by atoms with Gasteiger partial charge < -0.3 is 4.74 Å². The second-order valence-corrected chi connectivity index (χ2v) is 6.74. The van der Waals surface area contributed by atoms with Gasteiger partial charge in [-0.05, 0) is 54.7 Å². The summed E-state index contributed by atoms with van der Waals surface area (Å²) in [5.41, 5.74) is 5.15. The van der Waals surface area contributed by atoms with Gasteiger partial charge in [0, 0.05) is 0 Å². The Balaban J connectivity index is 1.67. The van der Waals surface area contributed by atoms with Crippen molar-refractivity contribution >= 4 is 12.0 Å². The van der Waals surface area contributed by atoms with Crippen molar-refractivity contribution in [1.82, 2.24) is 5.43 Å². The highest BCUT2D eigenvalue weighted by atomic mass is 19.4. The summed E-state index contributed by atoms with van der Waals surface area (Å²) in [5, 5.41) is 1.94. The summed E-state index contributed by atoms with van der Waals surface area (Å²) >= 11 is 0. The third kappa shape index (κ3) is 4.58. The van der Waals surface area contributed by atoms with Gasteiger partial charge in [0.25, 0.3) is 0 Å². The number of benzene rings is 2. The van der Waals surface area contributed by atoms with Crippen LogP contribution in [0.5, 0.6) is 5.75 Å². The summed E-state index contributed by atoms with van der Waals surface area (Å²) < 4.78 is 45.8. The Labute approximate surface area is 163 Å². The van der Waals surface area contributed by atoms with Crippen LogP contribution in [0.3, 0.4) is 0 Å². The minimum Gasteiger partial charge on any atom is -0.497 e. The predicted molar refractivity (Wildman–Crippen MR) is 105 cm³/mol. The number of aryl methyl sites for hydroxylation is 1. The molecule has 28 heavy (non-hydrogen) atoms. The molecular weight excluding hydrogens is 367 g/mol. The fourth-order valence-corrected chi connectivity index (χ4v) is 3.36. The van der Waals surface area contributed by atoms with Crippen molar-refractivity contribution in [3.8, 4) is 5.75 Å². The molecule has 0 amide bonds. The molecular formula is C21H24F3N3O. The number of methoxy groups -OCH3 is 1. The van der Waals surface area contributed by atoms with Gasteiger partial charge >= 0.3 is 6.18 Å². The van der Waals surface area contributed by atoms with E-state index in [1.54, 1.807) is 18.5 Å². The van der Waals surface area contributed by atoms with Gasteiger partial charge in [-0.3, -0.25) is 10.4 Å². The number of hydrogen-bond acceptors (Lipinski definition) is 4. The summed E-state index contributed by atoms with van der Waals surface area (Å²) in [4.78, 5) is 4.32. The van der Waals surface area contributed by atoms with Gasteiger partial charge in [0.05, 0.1) is 18.7 Å². The zero-order valence-corrected chi connectivity index (χ0v) is 15.9. The van der Waals surface area contributed by atoms with Gasteiger partial charge in [-0.1, -0.05) is 31.2 Å². The first-order valence-corrected chi connectivity index (χ1v) is 9.29. The number of hydrazine groups is 1. The maximum Gasteiger partial charge on any atom is 0.395 e. The average Bonchev–Trinajstić information content (AvgIpc) is 3.17. The van der Waals surface area contributed by atoms with Crippen LogP contribution >= 0.6 is 0 Å². The van der Waals surface area contributed by atoms with E-state index in [4.69, 9.17) is 4.74 Å². The second kappa shape index (κ2) is 8.54. The maximum atomic E-state index is 13.6. The predicted octanol–water partition coefficient (Wildman–Crippen LogP) is 5.06. The van der Waals surface area contributed by atoms with Gasteiger partial charge in [0.2, 0.25) is 0 Å². The third-order valence-corrected chi connectivity index (χ3v) is 4.96. The second-order valence-electron chi connectivity index (χ2n) is 6.74. The number of nitrogens with one attached hydrogen (secondary N) is 1. The van der Waals surface area contributed by atoms with Gasteiger partial charge in [-0.25, -0.2) is 4.99 Å². The Morgan fingerprint density at radius 2 is 1.79 bits per heavy atom. The van der Waals surface area contributed by atoms with E-state index in [2.05, 4.69) is 10.4 Å². The summed E-state index contributed by atoms with van der Waals surface area (Å²) in [6.07, 6.45) is -1.39. The van der Waals surface area contributed by atoms with E-state index in [-0.39, 0.29) is 18.2 Å². The standard InChI is InChI=1S/C21H24F3N3O/c1-3-20-25-14-26-27(20)17-9-4-15(5-10-17)6-13-19(21(22,23)24)16-7-11-18(28-2)12-8-16/h4-5,7-12,14,19-20H,3,6,13H2,1-2H3,(H,25,26). The highest BCUT2D eigenvalue weighted by molar-refractivity contribution is 5.64. The summed E-state index contributed by atoms with van der Waals surface area (Å²) in [6, 6.07) is 13.7. The Morgan fingerprint density at radius 1 is 1.11 bits per heavy atom. The monoisotopic (exact) mass is 391 g/mol. The molecule has 2 unspecified atom stereocenters. The average molecular weight is 391 g/mol. The first kappa shape index (κ1) is 20.0. The molecule has 1 N–H and O–H groups in total. The highest BCUT2D eigenvalue weighted by Gasteiger charge is 2.40. The summed E-state index contributed by atoms with van der Waals surface area (Å²) in [7, 11) is 1.49. The van der Waals surface area contributed by atoms with Crippen molar-refractivity contribution in [3.63, 3.8) is 0 Å². The van der Waals surface area contributed by atoms with E-state index in [1.165, 1.54) is 19.2 Å². The molecule has 0 aromatic heterocycles. The van der Waals surface area contributed by atoms with E-state index in [9.17, 15) is 13.2 Å². The van der Waals surface area contributed by atoms with Crippen LogP contribution in [-0.2, 0) is 6.42 Å². The molecule has 2 aromatic rings. The van der Waals surface area contributed by atoms with Crippen molar-refractivity contribution in [2.75, 3.05) is 12.1 Å². The molecule has 0 radical (unpaired) electrons. The molecule has 0 bridgehead atoms. The minimum absolute atomic E-state index is 0.00215. The molecule has 0 saturated carbocycles. The molecule has 0 spiro atoms. The number of anilines is 1. The Morgan fingerprint density at radius 3 is 2.36 bits per heavy atom. The number of hydrogen-bond donors (Lipinski definition) is 1. The molecule has 2 aromatic carbocycles. The van der Waals surface area contributed by atoms with Crippen molar-refractivity contribution in [1.29, 1.82) is 0 Å². The molecule has 2 atom stereocenters. The Kier molecular flexibility index (Phi) is 6.11. The fourth-order valence-electron chi connectivity index (χ4n) is 3.36. The lowest BCUT2D eigenvalue weighted by atomic mass is 9.91. The maximum absolute atomic E-state index is 13.6. The van der Waals surface area contributed by atoms with Crippen LogP contribution in [0.2, 0.25) is 0 Å². The number of ether oxygens (including phenoxy) is 1. The van der Waals surface area contributed by atoms with Crippen LogP contribution in [0.4, 0.5) is 18.9 Å². The van der Waals surface area contributed by atoms with E-state index in [0.29, 0.717) is 12.2 Å². The molecule has 3 rings (SSSR count). The van der Waals surface area contributed by atoms with Crippen LogP contribution in [0.15, 0.2) is 53.5 Å². The third-order valence-electron chi connectivity index (χ3n) is 4.96. The molecule has 150 valence electrons. The quantitative estimate of drug-likeness (QED) is 0.717. The van der Waals surface area contributed by atoms with Crippen LogP contribution in [0, 0.1) is 0 Å². The number of rotatable bonds is 7. The fraction of sp³-hybridized carbons (Fsp3) is 0.381. The lowest BCUT2D eigenvalue weighted by Crippen LogP contribution is -2.38. The van der Waals surface area contributed by atoms with Crippen molar-refractivity contribution in [2.45, 2.75) is 44.4 Å². The van der Waals surface area contributed by atoms with E-state index in [0.717, 1.165) is 17.7 Å². The molecule has 0 aliphatic carbocycles. The number of halogens is 3. The Bertz CT molecular complexity index is 788. The molecule has 1 heterocycles. The number of nitrogens with zero attached hydrogens (tertiary/aromatic N) is 2. The zero-order valence-electron chi connectivity index (χ0n) is 15.9. The lowest BCUT2D eigenvalue weighted by Gasteiger charge is -2.24. The SMILES string of the molecule is CCC1N=CNN1c1ccc(CCC(c2ccc(OC)cc2)C(F)(F)F)cc1. The normalized spacial score (nSPS) is 17.5. The van der Waals surface area contributed by atoms with Gasteiger partial charge in [0.15, 0.2) is 0 Å². The van der Waals surface area contributed by atoms with Gasteiger partial charge in [-0.15, -0.1) is 0 Å². The first-order valence-electron chi connectivity index (χ1n) is 9.29. The molecule has 0 fully saturated rings. The number of alkyl halides is 3. The van der Waals surface area contributed by atoms with Crippen LogP contribution in [0.25, 0.3) is 0 Å². The number of aliphatic imine (C=N–C) groups is 1. The summed E-state index contributed by atoms with van der Waals surface area (Å²) in [6.45, 7) is 2.05. The largest absolute Gasteiger partial charge is 0.497 e. The van der Waals surface area contributed by atoms with Crippen LogP contribution < -0.4 is 15.2 Å². The topological polar surface area (TPSA) is 36.9 Å². The molecule has 1 aliphatic rings. The first-order chi connectivity index (χ1) is 13.4. The highest BCUT2D eigenvalue weighted by Crippen LogP contribution is 2.38. The lowest BCUT2D eigenvalue weighted by molar-refractivity contribution is -0.151. The Hall–Kier alpha value is -2.70. The smallest absolute Gasteiger partial charge is 0.395 e. The van der Waals surface area contributed by atoms with Crippen molar-refractivity contribution in [2.24, 2.45) is 4.99 Å². The zero-order chi connectivity index (χ0) is 20.1. The van der Waals surface area contributed by atoms with Crippen LogP contribution in [-0.4, -0.2) is 25.8 Å². The minimum atomic E-state index is -4.29.